The van der Waals surface area contributed by atoms with Crippen molar-refractivity contribution >= 4 is 23.2 Å². The molecule has 0 bridgehead atoms. The minimum Gasteiger partial charge on any atom is -0.463 e. The lowest BCUT2D eigenvalue weighted by molar-refractivity contribution is -0.123. The zero-order valence-corrected chi connectivity index (χ0v) is 18.1. The number of amides is 2. The molecule has 0 aliphatic heterocycles. The number of nitrogens with zero attached hydrogens (tertiary/aromatic N) is 2. The van der Waals surface area contributed by atoms with Crippen LogP contribution in [0.25, 0.3) is 17.1 Å². The Hall–Kier alpha value is -4.13. The fourth-order valence-electron chi connectivity index (χ4n) is 3.04. The molecule has 0 aliphatic carbocycles. The zero-order valence-electron chi connectivity index (χ0n) is 18.1. The molecule has 2 N–H and O–H groups in total. The molecule has 0 aliphatic rings. The molecular weight excluding hydrogens is 404 g/mol. The molecule has 0 fully saturated rings. The van der Waals surface area contributed by atoms with Crippen molar-refractivity contribution in [3.05, 3.63) is 84.8 Å². The minimum atomic E-state index is -0.524. The molecule has 0 unspecified atom stereocenters. The summed E-state index contributed by atoms with van der Waals surface area (Å²) in [4.78, 5) is 25.5. The van der Waals surface area contributed by atoms with Gasteiger partial charge in [-0.3, -0.25) is 9.59 Å². The van der Waals surface area contributed by atoms with E-state index < -0.39 is 5.41 Å². The predicted molar refractivity (Wildman–Crippen MR) is 124 cm³/mol. The lowest BCUT2D eigenvalue weighted by Gasteiger charge is -2.18. The number of aromatic nitrogens is 2. The smallest absolute Gasteiger partial charge is 0.274 e. The van der Waals surface area contributed by atoms with Crippen molar-refractivity contribution in [3.8, 4) is 17.1 Å². The molecule has 2 amide bonds. The number of anilines is 2. The summed E-state index contributed by atoms with van der Waals surface area (Å²) in [7, 11) is 0. The number of nitrogens with one attached hydrogen (secondary N) is 2. The van der Waals surface area contributed by atoms with Crippen LogP contribution < -0.4 is 10.6 Å². The summed E-state index contributed by atoms with van der Waals surface area (Å²) in [6, 6.07) is 21.7. The molecule has 162 valence electrons. The van der Waals surface area contributed by atoms with Gasteiger partial charge in [-0.05, 0) is 42.5 Å². The highest BCUT2D eigenvalue weighted by molar-refractivity contribution is 6.04. The summed E-state index contributed by atoms with van der Waals surface area (Å²) >= 11 is 0. The van der Waals surface area contributed by atoms with Gasteiger partial charge >= 0.3 is 0 Å². The summed E-state index contributed by atoms with van der Waals surface area (Å²) in [5, 5.41) is 10.3. The van der Waals surface area contributed by atoms with Gasteiger partial charge in [0, 0.05) is 22.9 Å². The van der Waals surface area contributed by atoms with Gasteiger partial charge in [0.25, 0.3) is 5.91 Å². The Kier molecular flexibility index (Phi) is 5.64. The normalized spacial score (nSPS) is 11.2. The van der Waals surface area contributed by atoms with Crippen molar-refractivity contribution in [1.29, 1.82) is 0 Å². The van der Waals surface area contributed by atoms with Crippen LogP contribution in [0.4, 0.5) is 11.4 Å². The second-order valence-corrected chi connectivity index (χ2v) is 8.38. The molecule has 7 nitrogen and oxygen atoms in total. The molecule has 0 saturated heterocycles. The first-order chi connectivity index (χ1) is 15.3. The number of para-hydroxylation sites is 1. The lowest BCUT2D eigenvalue weighted by atomic mass is 9.95. The third-order valence-corrected chi connectivity index (χ3v) is 4.78. The Bertz CT molecular complexity index is 1240. The monoisotopic (exact) mass is 428 g/mol. The van der Waals surface area contributed by atoms with E-state index in [1.54, 1.807) is 53.4 Å². The number of hydrogen-bond acceptors (Lipinski definition) is 4. The molecule has 0 spiro atoms. The van der Waals surface area contributed by atoms with E-state index in [1.165, 1.54) is 0 Å². The SMILES string of the molecule is CC(C)(C)C(=O)Nc1cccc(NC(=O)c2cc(-c3ccco3)nn2-c2ccccc2)c1. The number of carbonyl (C=O) groups is 2. The van der Waals surface area contributed by atoms with E-state index >= 15 is 0 Å². The van der Waals surface area contributed by atoms with Crippen LogP contribution in [-0.4, -0.2) is 21.6 Å². The van der Waals surface area contributed by atoms with E-state index in [-0.39, 0.29) is 11.8 Å². The first-order valence-corrected chi connectivity index (χ1v) is 10.2. The van der Waals surface area contributed by atoms with Crippen LogP contribution >= 0.6 is 0 Å². The first-order valence-electron chi connectivity index (χ1n) is 10.2. The van der Waals surface area contributed by atoms with Crippen LogP contribution in [0.3, 0.4) is 0 Å². The van der Waals surface area contributed by atoms with Crippen LogP contribution in [0.15, 0.2) is 83.5 Å². The van der Waals surface area contributed by atoms with E-state index in [0.717, 1.165) is 5.69 Å². The Morgan fingerprint density at radius 1 is 0.875 bits per heavy atom. The maximum absolute atomic E-state index is 13.2. The van der Waals surface area contributed by atoms with Crippen molar-refractivity contribution < 1.29 is 14.0 Å². The summed E-state index contributed by atoms with van der Waals surface area (Å²) in [6.45, 7) is 5.53. The second-order valence-electron chi connectivity index (χ2n) is 8.38. The van der Waals surface area contributed by atoms with E-state index in [0.29, 0.717) is 28.5 Å². The van der Waals surface area contributed by atoms with E-state index in [2.05, 4.69) is 15.7 Å². The van der Waals surface area contributed by atoms with Gasteiger partial charge < -0.3 is 15.1 Å². The highest BCUT2D eigenvalue weighted by Crippen LogP contribution is 2.24. The van der Waals surface area contributed by atoms with Gasteiger partial charge in [0.2, 0.25) is 5.91 Å². The maximum Gasteiger partial charge on any atom is 0.274 e. The Labute approximate surface area is 186 Å². The molecular formula is C25H24N4O3. The van der Waals surface area contributed by atoms with Gasteiger partial charge in [0.1, 0.15) is 11.4 Å². The van der Waals surface area contributed by atoms with Gasteiger partial charge in [-0.15, -0.1) is 0 Å². The van der Waals surface area contributed by atoms with E-state index in [4.69, 9.17) is 4.42 Å². The number of carbonyl (C=O) groups excluding carboxylic acids is 2. The van der Waals surface area contributed by atoms with Crippen LogP contribution in [0.5, 0.6) is 0 Å². The number of furan rings is 1. The molecule has 32 heavy (non-hydrogen) atoms. The Morgan fingerprint density at radius 3 is 2.25 bits per heavy atom. The molecule has 0 saturated carbocycles. The number of hydrogen-bond donors (Lipinski definition) is 2. The summed E-state index contributed by atoms with van der Waals surface area (Å²) in [6.07, 6.45) is 1.56. The van der Waals surface area contributed by atoms with Gasteiger partial charge in [0.05, 0.1) is 12.0 Å². The molecule has 2 heterocycles. The van der Waals surface area contributed by atoms with Crippen molar-refractivity contribution in [3.63, 3.8) is 0 Å². The van der Waals surface area contributed by atoms with Crippen molar-refractivity contribution in [2.75, 3.05) is 10.6 Å². The molecule has 0 radical (unpaired) electrons. The number of rotatable bonds is 5. The van der Waals surface area contributed by atoms with E-state index in [1.807, 2.05) is 51.1 Å². The Balaban J connectivity index is 1.62. The lowest BCUT2D eigenvalue weighted by Crippen LogP contribution is -2.27. The fraction of sp³-hybridized carbons (Fsp3) is 0.160. The molecule has 2 aromatic carbocycles. The Morgan fingerprint density at radius 2 is 1.59 bits per heavy atom. The molecule has 4 aromatic rings. The summed E-state index contributed by atoms with van der Waals surface area (Å²) in [5.74, 6) is 0.130. The molecule has 4 rings (SSSR count). The average Bonchev–Trinajstić information content (AvgIpc) is 3.44. The van der Waals surface area contributed by atoms with Crippen LogP contribution in [0.2, 0.25) is 0 Å². The second kappa shape index (κ2) is 8.55. The molecule has 7 heteroatoms. The average molecular weight is 428 g/mol. The fourth-order valence-corrected chi connectivity index (χ4v) is 3.04. The molecule has 0 atom stereocenters. The summed E-state index contributed by atoms with van der Waals surface area (Å²) in [5.41, 5.74) is 2.30. The zero-order chi connectivity index (χ0) is 22.7. The number of benzene rings is 2. The largest absolute Gasteiger partial charge is 0.463 e. The van der Waals surface area contributed by atoms with Gasteiger partial charge in [0.15, 0.2) is 5.76 Å². The first kappa shape index (κ1) is 21.1. The van der Waals surface area contributed by atoms with Gasteiger partial charge in [-0.1, -0.05) is 45.0 Å². The summed E-state index contributed by atoms with van der Waals surface area (Å²) < 4.78 is 7.04. The maximum atomic E-state index is 13.2. The standard InChI is InChI=1S/C25H24N4O3/c1-25(2,3)24(31)27-18-10-7-9-17(15-18)26-23(30)21-16-20(22-13-8-14-32-22)28-29(21)19-11-5-4-6-12-19/h4-16H,1-3H3,(H,26,30)(H,27,31). The predicted octanol–water partition coefficient (Wildman–Crippen LogP) is 5.37. The van der Waals surface area contributed by atoms with Crippen LogP contribution in [0, 0.1) is 5.41 Å². The third-order valence-electron chi connectivity index (χ3n) is 4.78. The quantitative estimate of drug-likeness (QED) is 0.447. The highest BCUT2D eigenvalue weighted by atomic mass is 16.3. The van der Waals surface area contributed by atoms with Crippen molar-refractivity contribution in [2.24, 2.45) is 5.41 Å². The molecule has 2 aromatic heterocycles. The van der Waals surface area contributed by atoms with Crippen LogP contribution in [-0.2, 0) is 4.79 Å². The third kappa shape index (κ3) is 4.62. The minimum absolute atomic E-state index is 0.105. The topological polar surface area (TPSA) is 89.2 Å². The van der Waals surface area contributed by atoms with Crippen molar-refractivity contribution in [1.82, 2.24) is 9.78 Å². The van der Waals surface area contributed by atoms with Crippen molar-refractivity contribution in [2.45, 2.75) is 20.8 Å². The van der Waals surface area contributed by atoms with Gasteiger partial charge in [-0.25, -0.2) is 4.68 Å². The van der Waals surface area contributed by atoms with E-state index in [9.17, 15) is 9.59 Å². The van der Waals surface area contributed by atoms with Gasteiger partial charge in [-0.2, -0.15) is 5.10 Å². The van der Waals surface area contributed by atoms with Crippen LogP contribution in [0.1, 0.15) is 31.3 Å². The highest BCUT2D eigenvalue weighted by Gasteiger charge is 2.22.